The summed E-state index contributed by atoms with van der Waals surface area (Å²) in [7, 11) is 5.28. The van der Waals surface area contributed by atoms with Crippen LogP contribution in [0.3, 0.4) is 0 Å². The molecule has 0 aromatic heterocycles. The summed E-state index contributed by atoms with van der Waals surface area (Å²) in [5, 5.41) is 18.4. The third-order valence-electron chi connectivity index (χ3n) is 1.48. The van der Waals surface area contributed by atoms with Crippen molar-refractivity contribution in [3.63, 3.8) is 0 Å². The van der Waals surface area contributed by atoms with Gasteiger partial charge in [-0.1, -0.05) is 0 Å². The van der Waals surface area contributed by atoms with E-state index in [9.17, 15) is 14.7 Å². The van der Waals surface area contributed by atoms with Crippen LogP contribution in [-0.4, -0.2) is 60.1 Å². The molecule has 6 heteroatoms. The molecule has 88 valence electrons. The van der Waals surface area contributed by atoms with Gasteiger partial charge in [0.1, 0.15) is 13.0 Å². The lowest BCUT2D eigenvalue weighted by atomic mass is 10.1. The lowest BCUT2D eigenvalue weighted by Crippen LogP contribution is -2.52. The highest BCUT2D eigenvalue weighted by Gasteiger charge is 2.39. The van der Waals surface area contributed by atoms with Crippen LogP contribution in [0.4, 0.5) is 0 Å². The van der Waals surface area contributed by atoms with Crippen LogP contribution in [0.5, 0.6) is 0 Å². The van der Waals surface area contributed by atoms with Crippen LogP contribution in [0.2, 0.25) is 0 Å². The van der Waals surface area contributed by atoms with Gasteiger partial charge in [0.05, 0.1) is 21.1 Å². The summed E-state index contributed by atoms with van der Waals surface area (Å²) in [6, 6.07) is 0. The van der Waals surface area contributed by atoms with E-state index in [0.29, 0.717) is 0 Å². The van der Waals surface area contributed by atoms with Gasteiger partial charge in [0.2, 0.25) is 0 Å². The summed E-state index contributed by atoms with van der Waals surface area (Å²) in [4.78, 5) is 21.3. The fourth-order valence-corrected chi connectivity index (χ4v) is 1.37. The Morgan fingerprint density at radius 1 is 1.33 bits per heavy atom. The van der Waals surface area contributed by atoms with Gasteiger partial charge in [0.25, 0.3) is 5.79 Å². The zero-order chi connectivity index (χ0) is 12.3. The first-order valence-corrected chi connectivity index (χ1v) is 4.48. The van der Waals surface area contributed by atoms with E-state index in [4.69, 9.17) is 5.11 Å². The van der Waals surface area contributed by atoms with Crippen LogP contribution >= 0.6 is 0 Å². The number of esters is 1. The number of nitrogens with zero attached hydrogens (tertiary/aromatic N) is 1. The molecule has 0 aliphatic heterocycles. The zero-order valence-corrected chi connectivity index (χ0v) is 9.48. The molecule has 0 fully saturated rings. The molecule has 6 nitrogen and oxygen atoms in total. The molecular formula is C9H18NO5+. The standard InChI is InChI=1S/C9H17NO5/c1-7(11)15-9(14,5-8(12)13)6-10(2,3)4/h14H,5-6H2,1-4H3/p+1. The molecule has 15 heavy (non-hydrogen) atoms. The fourth-order valence-electron chi connectivity index (χ4n) is 1.37. The Balaban J connectivity index is 4.69. The van der Waals surface area contributed by atoms with Gasteiger partial charge in [0, 0.05) is 6.92 Å². The number of carboxylic acids is 1. The summed E-state index contributed by atoms with van der Waals surface area (Å²) in [6.07, 6.45) is -0.623. The molecule has 0 aromatic carbocycles. The van der Waals surface area contributed by atoms with Crippen LogP contribution < -0.4 is 0 Å². The molecule has 0 saturated carbocycles. The monoisotopic (exact) mass is 220 g/mol. The number of quaternary nitrogens is 1. The van der Waals surface area contributed by atoms with Crippen LogP contribution in [0.1, 0.15) is 13.3 Å². The number of ether oxygens (including phenoxy) is 1. The first-order chi connectivity index (χ1) is 6.54. The van der Waals surface area contributed by atoms with Crippen molar-refractivity contribution < 1.29 is 29.0 Å². The quantitative estimate of drug-likeness (QED) is 0.368. The maximum atomic E-state index is 10.7. The van der Waals surface area contributed by atoms with Crippen molar-refractivity contribution in [3.05, 3.63) is 0 Å². The van der Waals surface area contributed by atoms with E-state index < -0.39 is 24.1 Å². The van der Waals surface area contributed by atoms with Crippen molar-refractivity contribution in [2.75, 3.05) is 27.7 Å². The Hall–Kier alpha value is -1.14. The van der Waals surface area contributed by atoms with Gasteiger partial charge >= 0.3 is 11.9 Å². The van der Waals surface area contributed by atoms with E-state index in [2.05, 4.69) is 4.74 Å². The minimum absolute atomic E-state index is 0.0128. The summed E-state index contributed by atoms with van der Waals surface area (Å²) in [5.74, 6) is -3.87. The minimum atomic E-state index is -1.95. The van der Waals surface area contributed by atoms with Gasteiger partial charge in [-0.15, -0.1) is 0 Å². The minimum Gasteiger partial charge on any atom is -0.481 e. The van der Waals surface area contributed by atoms with E-state index in [1.54, 1.807) is 21.1 Å². The zero-order valence-electron chi connectivity index (χ0n) is 9.48. The van der Waals surface area contributed by atoms with Crippen LogP contribution in [0, 0.1) is 0 Å². The van der Waals surface area contributed by atoms with E-state index in [0.717, 1.165) is 6.92 Å². The molecule has 0 aromatic rings. The second-order valence-electron chi connectivity index (χ2n) is 4.56. The summed E-state index contributed by atoms with van der Waals surface area (Å²) in [6.45, 7) is 1.14. The molecule has 0 spiro atoms. The number of aliphatic hydroxyl groups is 1. The lowest BCUT2D eigenvalue weighted by Gasteiger charge is -2.33. The van der Waals surface area contributed by atoms with Gasteiger partial charge in [0.15, 0.2) is 0 Å². The smallest absolute Gasteiger partial charge is 0.310 e. The molecule has 2 N–H and O–H groups in total. The Morgan fingerprint density at radius 3 is 2.07 bits per heavy atom. The van der Waals surface area contributed by atoms with Crippen LogP contribution in [-0.2, 0) is 14.3 Å². The number of carbonyl (C=O) groups excluding carboxylic acids is 1. The summed E-state index contributed by atoms with van der Waals surface area (Å²) >= 11 is 0. The van der Waals surface area contributed by atoms with Gasteiger partial charge in [-0.2, -0.15) is 0 Å². The number of aliphatic carboxylic acids is 1. The van der Waals surface area contributed by atoms with Crippen molar-refractivity contribution in [2.24, 2.45) is 0 Å². The highest BCUT2D eigenvalue weighted by Crippen LogP contribution is 2.16. The van der Waals surface area contributed by atoms with Crippen molar-refractivity contribution >= 4 is 11.9 Å². The molecular weight excluding hydrogens is 202 g/mol. The highest BCUT2D eigenvalue weighted by atomic mass is 16.7. The van der Waals surface area contributed by atoms with E-state index >= 15 is 0 Å². The van der Waals surface area contributed by atoms with Crippen molar-refractivity contribution in [1.82, 2.24) is 0 Å². The second-order valence-corrected chi connectivity index (χ2v) is 4.56. The van der Waals surface area contributed by atoms with Gasteiger partial charge < -0.3 is 19.4 Å². The predicted molar refractivity (Wildman–Crippen MR) is 51.9 cm³/mol. The number of hydrogen-bond acceptors (Lipinski definition) is 4. The normalized spacial score (nSPS) is 15.5. The number of carboxylic acid groups (broad SMARTS) is 1. The molecule has 0 amide bonds. The molecule has 1 unspecified atom stereocenters. The van der Waals surface area contributed by atoms with Crippen molar-refractivity contribution in [2.45, 2.75) is 19.1 Å². The molecule has 0 radical (unpaired) electrons. The Morgan fingerprint density at radius 2 is 1.80 bits per heavy atom. The molecule has 0 heterocycles. The molecule has 0 rings (SSSR count). The molecule has 0 aliphatic carbocycles. The average molecular weight is 220 g/mol. The van der Waals surface area contributed by atoms with Gasteiger partial charge in [-0.3, -0.25) is 9.59 Å². The van der Waals surface area contributed by atoms with Crippen molar-refractivity contribution in [3.8, 4) is 0 Å². The first-order valence-electron chi connectivity index (χ1n) is 4.48. The van der Waals surface area contributed by atoms with E-state index in [1.807, 2.05) is 0 Å². The molecule has 0 aliphatic rings. The number of hydrogen-bond donors (Lipinski definition) is 2. The number of rotatable bonds is 5. The fraction of sp³-hybridized carbons (Fsp3) is 0.778. The van der Waals surface area contributed by atoms with Crippen LogP contribution in [0.25, 0.3) is 0 Å². The highest BCUT2D eigenvalue weighted by molar-refractivity contribution is 5.70. The Bertz CT molecular complexity index is 240. The maximum absolute atomic E-state index is 10.7. The summed E-state index contributed by atoms with van der Waals surface area (Å²) in [5.41, 5.74) is 0. The van der Waals surface area contributed by atoms with E-state index in [-0.39, 0.29) is 11.0 Å². The molecule has 0 saturated heterocycles. The van der Waals surface area contributed by atoms with Crippen molar-refractivity contribution in [1.29, 1.82) is 0 Å². The first kappa shape index (κ1) is 13.9. The van der Waals surface area contributed by atoms with Gasteiger partial charge in [-0.05, 0) is 0 Å². The number of likely N-dealkylation sites (N-methyl/N-ethyl adjacent to an activating group) is 1. The topological polar surface area (TPSA) is 83.8 Å². The third kappa shape index (κ3) is 6.87. The van der Waals surface area contributed by atoms with E-state index in [1.165, 1.54) is 0 Å². The maximum Gasteiger partial charge on any atom is 0.310 e. The Kier molecular flexibility index (Phi) is 4.24. The molecule has 0 bridgehead atoms. The van der Waals surface area contributed by atoms with Crippen LogP contribution in [0.15, 0.2) is 0 Å². The third-order valence-corrected chi connectivity index (χ3v) is 1.48. The average Bonchev–Trinajstić information content (AvgIpc) is 1.73. The summed E-state index contributed by atoms with van der Waals surface area (Å²) < 4.78 is 4.93. The predicted octanol–water partition coefficient (Wildman–Crippen LogP) is -0.581. The largest absolute Gasteiger partial charge is 0.481 e. The molecule has 1 atom stereocenters. The Labute approximate surface area is 88.7 Å². The van der Waals surface area contributed by atoms with Gasteiger partial charge in [-0.25, -0.2) is 0 Å². The lowest BCUT2D eigenvalue weighted by molar-refractivity contribution is -0.880. The SMILES string of the molecule is CC(=O)OC(O)(CC(=O)O)C[N+](C)(C)C. The second kappa shape index (κ2) is 4.59. The number of carbonyl (C=O) groups is 2.